The maximum atomic E-state index is 12.2. The molecule has 1 aliphatic rings. The van der Waals surface area contributed by atoms with Crippen molar-refractivity contribution in [2.24, 2.45) is 11.8 Å². The molecule has 0 amide bonds. The second-order valence-corrected chi connectivity index (χ2v) is 7.12. The lowest BCUT2D eigenvalue weighted by Gasteiger charge is -2.33. The minimum Gasteiger partial charge on any atom is -0.380 e. The summed E-state index contributed by atoms with van der Waals surface area (Å²) >= 11 is 3.42. The third-order valence-electron chi connectivity index (χ3n) is 4.39. The van der Waals surface area contributed by atoms with Gasteiger partial charge in [-0.2, -0.15) is 5.10 Å². The van der Waals surface area contributed by atoms with Gasteiger partial charge < -0.3 is 5.32 Å². The van der Waals surface area contributed by atoms with E-state index < -0.39 is 0 Å². The predicted octanol–water partition coefficient (Wildman–Crippen LogP) is 3.82. The van der Waals surface area contributed by atoms with Crippen molar-refractivity contribution < 1.29 is 0 Å². The van der Waals surface area contributed by atoms with Crippen LogP contribution in [0, 0.1) is 11.8 Å². The highest BCUT2D eigenvalue weighted by molar-refractivity contribution is 9.10. The minimum atomic E-state index is -0.0674. The maximum absolute atomic E-state index is 12.2. The van der Waals surface area contributed by atoms with Crippen molar-refractivity contribution >= 4 is 21.6 Å². The molecule has 3 atom stereocenters. The Morgan fingerprint density at radius 3 is 2.65 bits per heavy atom. The number of nitrogens with one attached hydrogen (secondary N) is 1. The van der Waals surface area contributed by atoms with E-state index in [-0.39, 0.29) is 11.6 Å². The topological polar surface area (TPSA) is 46.9 Å². The summed E-state index contributed by atoms with van der Waals surface area (Å²) in [6, 6.07) is 0.511. The Morgan fingerprint density at radius 2 is 2.05 bits per heavy atom. The van der Waals surface area contributed by atoms with E-state index in [0.717, 1.165) is 30.4 Å². The van der Waals surface area contributed by atoms with E-state index in [0.29, 0.717) is 10.5 Å². The van der Waals surface area contributed by atoms with Crippen LogP contribution in [-0.2, 0) is 0 Å². The number of aromatic nitrogens is 2. The molecule has 5 heteroatoms. The summed E-state index contributed by atoms with van der Waals surface area (Å²) in [4.78, 5) is 12.2. The van der Waals surface area contributed by atoms with Gasteiger partial charge in [-0.3, -0.25) is 4.79 Å². The van der Waals surface area contributed by atoms with Crippen LogP contribution in [0.3, 0.4) is 0 Å². The lowest BCUT2D eigenvalue weighted by atomic mass is 9.79. The van der Waals surface area contributed by atoms with Gasteiger partial charge in [0.05, 0.1) is 17.9 Å². The molecule has 0 saturated heterocycles. The normalized spacial score (nSPS) is 26.8. The zero-order valence-electron chi connectivity index (χ0n) is 12.7. The summed E-state index contributed by atoms with van der Waals surface area (Å²) in [5.74, 6) is 1.52. The second kappa shape index (κ2) is 6.29. The molecule has 20 heavy (non-hydrogen) atoms. The number of rotatable bonds is 3. The van der Waals surface area contributed by atoms with Crippen LogP contribution in [0.1, 0.15) is 53.0 Å². The number of nitrogens with zero attached hydrogens (tertiary/aromatic N) is 2. The number of hydrogen-bond acceptors (Lipinski definition) is 3. The fourth-order valence-corrected chi connectivity index (χ4v) is 3.21. The Hall–Kier alpha value is -0.840. The van der Waals surface area contributed by atoms with E-state index in [9.17, 15) is 4.79 Å². The average molecular weight is 342 g/mol. The lowest BCUT2D eigenvalue weighted by Crippen LogP contribution is -2.32. The molecule has 112 valence electrons. The molecule has 1 aliphatic carbocycles. The van der Waals surface area contributed by atoms with Crippen LogP contribution in [0.15, 0.2) is 15.5 Å². The van der Waals surface area contributed by atoms with Crippen molar-refractivity contribution in [1.29, 1.82) is 0 Å². The van der Waals surface area contributed by atoms with E-state index in [1.807, 2.05) is 13.8 Å². The molecule has 1 fully saturated rings. The average Bonchev–Trinajstić information content (AvgIpc) is 2.39. The highest BCUT2D eigenvalue weighted by Gasteiger charge is 2.25. The molecule has 4 nitrogen and oxygen atoms in total. The van der Waals surface area contributed by atoms with E-state index in [4.69, 9.17) is 0 Å². The fourth-order valence-electron chi connectivity index (χ4n) is 2.81. The smallest absolute Gasteiger partial charge is 0.283 e. The van der Waals surface area contributed by atoms with Gasteiger partial charge in [-0.15, -0.1) is 0 Å². The summed E-state index contributed by atoms with van der Waals surface area (Å²) in [5.41, 5.74) is 0.751. The van der Waals surface area contributed by atoms with Gasteiger partial charge in [0, 0.05) is 6.04 Å². The van der Waals surface area contributed by atoms with Crippen LogP contribution < -0.4 is 10.9 Å². The zero-order chi connectivity index (χ0) is 14.9. The molecular formula is C15H24BrN3O. The summed E-state index contributed by atoms with van der Waals surface area (Å²) in [6.45, 7) is 8.54. The minimum absolute atomic E-state index is 0.0674. The molecule has 0 aromatic carbocycles. The number of hydrogen-bond donors (Lipinski definition) is 1. The SMILES string of the molecule is CC1CCC(Nc2cnn(C(C)C)c(=O)c2Br)CC1C. The van der Waals surface area contributed by atoms with Gasteiger partial charge >= 0.3 is 0 Å². The standard InChI is InChI=1S/C15H24BrN3O/c1-9(2)19-15(20)14(16)13(8-17-19)18-12-6-5-10(3)11(4)7-12/h8-12,18H,5-7H2,1-4H3. The number of anilines is 1. The molecule has 0 spiro atoms. The molecule has 1 aromatic heterocycles. The van der Waals surface area contributed by atoms with Crippen LogP contribution in [0.5, 0.6) is 0 Å². The van der Waals surface area contributed by atoms with Gasteiger partial charge in [0.2, 0.25) is 0 Å². The summed E-state index contributed by atoms with van der Waals surface area (Å²) in [6.07, 6.45) is 5.31. The lowest BCUT2D eigenvalue weighted by molar-refractivity contribution is 0.260. The van der Waals surface area contributed by atoms with Crippen molar-refractivity contribution in [3.05, 3.63) is 21.0 Å². The van der Waals surface area contributed by atoms with E-state index in [1.54, 1.807) is 6.20 Å². The van der Waals surface area contributed by atoms with Gasteiger partial charge in [0.25, 0.3) is 5.56 Å². The highest BCUT2D eigenvalue weighted by Crippen LogP contribution is 2.31. The maximum Gasteiger partial charge on any atom is 0.283 e. The Labute approximate surface area is 129 Å². The van der Waals surface area contributed by atoms with Crippen molar-refractivity contribution in [1.82, 2.24) is 9.78 Å². The first kappa shape index (κ1) is 15.5. The molecular weight excluding hydrogens is 318 g/mol. The van der Waals surface area contributed by atoms with Gasteiger partial charge in [0.1, 0.15) is 4.47 Å². The third kappa shape index (κ3) is 3.25. The van der Waals surface area contributed by atoms with Gasteiger partial charge in [-0.25, -0.2) is 4.68 Å². The monoisotopic (exact) mass is 341 g/mol. The Kier molecular flexibility index (Phi) is 4.89. The van der Waals surface area contributed by atoms with Gasteiger partial charge in [0.15, 0.2) is 0 Å². The van der Waals surface area contributed by atoms with E-state index >= 15 is 0 Å². The van der Waals surface area contributed by atoms with Crippen LogP contribution in [0.25, 0.3) is 0 Å². The fraction of sp³-hybridized carbons (Fsp3) is 0.733. The Bertz CT molecular complexity index is 526. The molecule has 0 radical (unpaired) electrons. The van der Waals surface area contributed by atoms with Crippen LogP contribution in [-0.4, -0.2) is 15.8 Å². The summed E-state index contributed by atoms with van der Waals surface area (Å²) in [7, 11) is 0. The molecule has 0 aliphatic heterocycles. The zero-order valence-corrected chi connectivity index (χ0v) is 14.3. The van der Waals surface area contributed by atoms with Crippen molar-refractivity contribution in [2.75, 3.05) is 5.32 Å². The van der Waals surface area contributed by atoms with Gasteiger partial charge in [-0.05, 0) is 60.9 Å². The molecule has 1 N–H and O–H groups in total. The quantitative estimate of drug-likeness (QED) is 0.908. The third-order valence-corrected chi connectivity index (χ3v) is 5.16. The first-order chi connectivity index (χ1) is 9.40. The molecule has 1 saturated carbocycles. The molecule has 3 unspecified atom stereocenters. The van der Waals surface area contributed by atoms with Gasteiger partial charge in [-0.1, -0.05) is 13.8 Å². The first-order valence-electron chi connectivity index (χ1n) is 7.44. The summed E-state index contributed by atoms with van der Waals surface area (Å²) < 4.78 is 2.09. The molecule has 0 bridgehead atoms. The van der Waals surface area contributed by atoms with Crippen molar-refractivity contribution in [3.63, 3.8) is 0 Å². The molecule has 1 heterocycles. The largest absolute Gasteiger partial charge is 0.380 e. The predicted molar refractivity (Wildman–Crippen MR) is 86.2 cm³/mol. The van der Waals surface area contributed by atoms with E-state index in [2.05, 4.69) is 40.2 Å². The van der Waals surface area contributed by atoms with E-state index in [1.165, 1.54) is 11.1 Å². The van der Waals surface area contributed by atoms with Crippen LogP contribution in [0.4, 0.5) is 5.69 Å². The second-order valence-electron chi connectivity index (χ2n) is 6.32. The molecule has 2 rings (SSSR count). The Balaban J connectivity index is 2.15. The van der Waals surface area contributed by atoms with Crippen molar-refractivity contribution in [3.8, 4) is 0 Å². The first-order valence-corrected chi connectivity index (χ1v) is 8.23. The van der Waals surface area contributed by atoms with Crippen LogP contribution >= 0.6 is 15.9 Å². The summed E-state index contributed by atoms with van der Waals surface area (Å²) in [5, 5.41) is 7.73. The van der Waals surface area contributed by atoms with Crippen molar-refractivity contribution in [2.45, 2.75) is 59.0 Å². The highest BCUT2D eigenvalue weighted by atomic mass is 79.9. The van der Waals surface area contributed by atoms with Crippen LogP contribution in [0.2, 0.25) is 0 Å². The molecule has 1 aromatic rings. The Morgan fingerprint density at radius 1 is 1.35 bits per heavy atom. The number of halogens is 1.